The number of nitrogens with two attached hydrogens (primary N) is 1. The molecule has 0 bridgehead atoms. The van der Waals surface area contributed by atoms with E-state index in [1.165, 1.54) is 0 Å². The first kappa shape index (κ1) is 12.6. The Balaban J connectivity index is 2.80. The van der Waals surface area contributed by atoms with Gasteiger partial charge in [-0.15, -0.1) is 6.58 Å². The van der Waals surface area contributed by atoms with E-state index in [0.717, 1.165) is 23.5 Å². The third-order valence-electron chi connectivity index (χ3n) is 2.29. The van der Waals surface area contributed by atoms with Crippen molar-refractivity contribution in [3.63, 3.8) is 0 Å². The minimum atomic E-state index is -0.00359. The number of ether oxygens (including phenoxy) is 2. The lowest BCUT2D eigenvalue weighted by molar-refractivity contribution is 0.299. The Bertz CT molecular complexity index is 348. The standard InChI is InChI=1S/C13H19NO2/c1-4-5-8-16-12-7-6-11(10(2)14)9-13(12)15-3/h4,6-7,9-10H,1,5,8,14H2,2-3H3. The highest BCUT2D eigenvalue weighted by Crippen LogP contribution is 2.29. The predicted molar refractivity (Wildman–Crippen MR) is 65.9 cm³/mol. The molecule has 0 saturated carbocycles. The highest BCUT2D eigenvalue weighted by atomic mass is 16.5. The van der Waals surface area contributed by atoms with Crippen molar-refractivity contribution in [3.05, 3.63) is 36.4 Å². The van der Waals surface area contributed by atoms with Crippen LogP contribution in [0.15, 0.2) is 30.9 Å². The molecule has 1 aromatic carbocycles. The molecule has 0 amide bonds. The quantitative estimate of drug-likeness (QED) is 0.593. The Morgan fingerprint density at radius 3 is 2.75 bits per heavy atom. The Morgan fingerprint density at radius 2 is 2.19 bits per heavy atom. The Labute approximate surface area is 96.9 Å². The lowest BCUT2D eigenvalue weighted by Gasteiger charge is -2.13. The summed E-state index contributed by atoms with van der Waals surface area (Å²) in [6, 6.07) is 5.75. The van der Waals surface area contributed by atoms with E-state index in [2.05, 4.69) is 6.58 Å². The van der Waals surface area contributed by atoms with Gasteiger partial charge in [0, 0.05) is 6.04 Å². The summed E-state index contributed by atoms with van der Waals surface area (Å²) in [7, 11) is 1.63. The summed E-state index contributed by atoms with van der Waals surface area (Å²) in [5, 5.41) is 0. The number of hydrogen-bond donors (Lipinski definition) is 1. The van der Waals surface area contributed by atoms with Crippen molar-refractivity contribution in [2.24, 2.45) is 5.73 Å². The van der Waals surface area contributed by atoms with Gasteiger partial charge in [-0.25, -0.2) is 0 Å². The minimum Gasteiger partial charge on any atom is -0.493 e. The van der Waals surface area contributed by atoms with Gasteiger partial charge >= 0.3 is 0 Å². The molecule has 0 radical (unpaired) electrons. The van der Waals surface area contributed by atoms with Crippen molar-refractivity contribution in [1.29, 1.82) is 0 Å². The first-order valence-corrected chi connectivity index (χ1v) is 5.36. The molecule has 0 aliphatic rings. The molecule has 3 nitrogen and oxygen atoms in total. The third-order valence-corrected chi connectivity index (χ3v) is 2.29. The maximum absolute atomic E-state index is 5.80. The maximum atomic E-state index is 5.80. The van der Waals surface area contributed by atoms with Crippen LogP contribution in [0.25, 0.3) is 0 Å². The summed E-state index contributed by atoms with van der Waals surface area (Å²) in [4.78, 5) is 0. The van der Waals surface area contributed by atoms with Crippen molar-refractivity contribution in [2.75, 3.05) is 13.7 Å². The van der Waals surface area contributed by atoms with E-state index in [4.69, 9.17) is 15.2 Å². The predicted octanol–water partition coefficient (Wildman–Crippen LogP) is 2.67. The highest BCUT2D eigenvalue weighted by Gasteiger charge is 2.07. The summed E-state index contributed by atoms with van der Waals surface area (Å²) >= 11 is 0. The molecule has 0 aliphatic heterocycles. The van der Waals surface area contributed by atoms with Gasteiger partial charge in [0.05, 0.1) is 13.7 Å². The van der Waals surface area contributed by atoms with Crippen LogP contribution < -0.4 is 15.2 Å². The third kappa shape index (κ3) is 3.28. The van der Waals surface area contributed by atoms with E-state index >= 15 is 0 Å². The van der Waals surface area contributed by atoms with Gasteiger partial charge in [0.15, 0.2) is 11.5 Å². The molecule has 0 aromatic heterocycles. The lowest BCUT2D eigenvalue weighted by atomic mass is 10.1. The zero-order chi connectivity index (χ0) is 12.0. The van der Waals surface area contributed by atoms with Gasteiger partial charge in [0.25, 0.3) is 0 Å². The monoisotopic (exact) mass is 221 g/mol. The molecule has 1 rings (SSSR count). The van der Waals surface area contributed by atoms with E-state index in [1.807, 2.05) is 31.2 Å². The SMILES string of the molecule is C=CCCOc1ccc(C(C)N)cc1OC. The van der Waals surface area contributed by atoms with Crippen molar-refractivity contribution in [3.8, 4) is 11.5 Å². The second-order valence-electron chi connectivity index (χ2n) is 3.62. The lowest BCUT2D eigenvalue weighted by Crippen LogP contribution is -2.06. The van der Waals surface area contributed by atoms with Crippen LogP contribution in [-0.4, -0.2) is 13.7 Å². The number of methoxy groups -OCH3 is 1. The van der Waals surface area contributed by atoms with Gasteiger partial charge in [0.1, 0.15) is 0 Å². The summed E-state index contributed by atoms with van der Waals surface area (Å²) in [6.07, 6.45) is 2.64. The zero-order valence-corrected chi connectivity index (χ0v) is 9.90. The zero-order valence-electron chi connectivity index (χ0n) is 9.90. The molecule has 1 atom stereocenters. The van der Waals surface area contributed by atoms with Crippen LogP contribution in [-0.2, 0) is 0 Å². The normalized spacial score (nSPS) is 11.9. The summed E-state index contributed by atoms with van der Waals surface area (Å²) in [5.41, 5.74) is 6.83. The molecule has 0 heterocycles. The highest BCUT2D eigenvalue weighted by molar-refractivity contribution is 5.43. The molecule has 0 saturated heterocycles. The Hall–Kier alpha value is -1.48. The molecule has 16 heavy (non-hydrogen) atoms. The number of hydrogen-bond acceptors (Lipinski definition) is 3. The topological polar surface area (TPSA) is 44.5 Å². The van der Waals surface area contributed by atoms with Gasteiger partial charge in [-0.2, -0.15) is 0 Å². The van der Waals surface area contributed by atoms with Crippen LogP contribution in [0.1, 0.15) is 24.9 Å². The number of benzene rings is 1. The maximum Gasteiger partial charge on any atom is 0.161 e. The summed E-state index contributed by atoms with van der Waals surface area (Å²) in [6.45, 7) is 6.19. The molecular formula is C13H19NO2. The second kappa shape index (κ2) is 6.18. The Morgan fingerprint density at radius 1 is 1.44 bits per heavy atom. The summed E-state index contributed by atoms with van der Waals surface area (Å²) < 4.78 is 10.8. The van der Waals surface area contributed by atoms with Crippen LogP contribution in [0.3, 0.4) is 0 Å². The Kier molecular flexibility index (Phi) is 4.86. The van der Waals surface area contributed by atoms with Gasteiger partial charge in [-0.05, 0) is 31.0 Å². The fraction of sp³-hybridized carbons (Fsp3) is 0.385. The van der Waals surface area contributed by atoms with E-state index in [0.29, 0.717) is 6.61 Å². The second-order valence-corrected chi connectivity index (χ2v) is 3.62. The number of rotatable bonds is 6. The molecule has 1 unspecified atom stereocenters. The average molecular weight is 221 g/mol. The van der Waals surface area contributed by atoms with Gasteiger partial charge < -0.3 is 15.2 Å². The largest absolute Gasteiger partial charge is 0.493 e. The van der Waals surface area contributed by atoms with Crippen molar-refractivity contribution >= 4 is 0 Å². The van der Waals surface area contributed by atoms with Crippen LogP contribution in [0, 0.1) is 0 Å². The first-order valence-electron chi connectivity index (χ1n) is 5.36. The summed E-state index contributed by atoms with van der Waals surface area (Å²) in [5.74, 6) is 1.47. The molecule has 88 valence electrons. The van der Waals surface area contributed by atoms with E-state index < -0.39 is 0 Å². The molecule has 3 heteroatoms. The van der Waals surface area contributed by atoms with Crippen LogP contribution >= 0.6 is 0 Å². The first-order chi connectivity index (χ1) is 7.69. The smallest absolute Gasteiger partial charge is 0.161 e. The van der Waals surface area contributed by atoms with Crippen molar-refractivity contribution in [1.82, 2.24) is 0 Å². The minimum absolute atomic E-state index is 0.00359. The molecular weight excluding hydrogens is 202 g/mol. The molecule has 2 N–H and O–H groups in total. The van der Waals surface area contributed by atoms with Crippen molar-refractivity contribution < 1.29 is 9.47 Å². The van der Waals surface area contributed by atoms with E-state index in [1.54, 1.807) is 7.11 Å². The fourth-order valence-corrected chi connectivity index (χ4v) is 1.34. The van der Waals surface area contributed by atoms with Crippen molar-refractivity contribution in [2.45, 2.75) is 19.4 Å². The molecule has 0 fully saturated rings. The fourth-order valence-electron chi connectivity index (χ4n) is 1.34. The molecule has 0 spiro atoms. The van der Waals surface area contributed by atoms with Gasteiger partial charge in [-0.3, -0.25) is 0 Å². The van der Waals surface area contributed by atoms with Crippen LogP contribution in [0.4, 0.5) is 0 Å². The molecule has 1 aromatic rings. The van der Waals surface area contributed by atoms with Gasteiger partial charge in [-0.1, -0.05) is 12.1 Å². The van der Waals surface area contributed by atoms with Gasteiger partial charge in [0.2, 0.25) is 0 Å². The van der Waals surface area contributed by atoms with Crippen LogP contribution in [0.2, 0.25) is 0 Å². The van der Waals surface area contributed by atoms with E-state index in [9.17, 15) is 0 Å². The average Bonchev–Trinajstić information content (AvgIpc) is 2.29. The van der Waals surface area contributed by atoms with Crippen LogP contribution in [0.5, 0.6) is 11.5 Å². The molecule has 0 aliphatic carbocycles. The van der Waals surface area contributed by atoms with E-state index in [-0.39, 0.29) is 6.04 Å².